The number of carbonyl (C=O) groups excluding carboxylic acids is 1. The van der Waals surface area contributed by atoms with E-state index in [0.29, 0.717) is 23.0 Å². The van der Waals surface area contributed by atoms with E-state index in [1.165, 1.54) is 28.9 Å². The lowest BCUT2D eigenvalue weighted by Gasteiger charge is -2.18. The van der Waals surface area contributed by atoms with Crippen molar-refractivity contribution in [2.45, 2.75) is 25.9 Å². The van der Waals surface area contributed by atoms with Gasteiger partial charge in [0, 0.05) is 5.69 Å². The summed E-state index contributed by atoms with van der Waals surface area (Å²) in [7, 11) is 0. The minimum Gasteiger partial charge on any atom is -0.333 e. The van der Waals surface area contributed by atoms with Crippen molar-refractivity contribution >= 4 is 22.6 Å². The van der Waals surface area contributed by atoms with Gasteiger partial charge in [-0.25, -0.2) is 13.9 Å². The number of hydrogen-bond donors (Lipinski definition) is 2. The van der Waals surface area contributed by atoms with Crippen LogP contribution in [0.25, 0.3) is 10.9 Å². The largest absolute Gasteiger partial charge is 0.333 e. The number of aromatic nitrogens is 3. The molecule has 0 aliphatic carbocycles. The van der Waals surface area contributed by atoms with Crippen molar-refractivity contribution in [3.05, 3.63) is 64.7 Å². The smallest absolute Gasteiger partial charge is 0.319 e. The van der Waals surface area contributed by atoms with Crippen LogP contribution in [-0.2, 0) is 6.54 Å². The number of benzene rings is 2. The molecule has 1 heterocycles. The minimum absolute atomic E-state index is 0.198. The zero-order chi connectivity index (χ0) is 18.5. The monoisotopic (exact) mass is 355 g/mol. The Kier molecular flexibility index (Phi) is 5.21. The summed E-state index contributed by atoms with van der Waals surface area (Å²) in [5, 5.41) is 13.9. The topological polar surface area (TPSA) is 88.9 Å². The third kappa shape index (κ3) is 4.02. The fourth-order valence-electron chi connectivity index (χ4n) is 2.51. The van der Waals surface area contributed by atoms with Crippen molar-refractivity contribution in [2.24, 2.45) is 0 Å². The molecule has 7 nitrogen and oxygen atoms in total. The lowest BCUT2D eigenvalue weighted by molar-refractivity contribution is 0.245. The van der Waals surface area contributed by atoms with Gasteiger partial charge >= 0.3 is 6.03 Å². The van der Waals surface area contributed by atoms with E-state index >= 15 is 0 Å². The van der Waals surface area contributed by atoms with Crippen LogP contribution >= 0.6 is 0 Å². The lowest BCUT2D eigenvalue weighted by atomic mass is 10.2. The van der Waals surface area contributed by atoms with E-state index in [-0.39, 0.29) is 24.0 Å². The molecular weight excluding hydrogens is 337 g/mol. The van der Waals surface area contributed by atoms with Crippen LogP contribution in [-0.4, -0.2) is 27.1 Å². The maximum Gasteiger partial charge on any atom is 0.319 e. The van der Waals surface area contributed by atoms with Crippen LogP contribution in [0.2, 0.25) is 0 Å². The van der Waals surface area contributed by atoms with Gasteiger partial charge in [0.05, 0.1) is 18.0 Å². The first-order valence-corrected chi connectivity index (χ1v) is 8.22. The highest BCUT2D eigenvalue weighted by atomic mass is 19.1. The van der Waals surface area contributed by atoms with Crippen molar-refractivity contribution in [2.75, 3.05) is 5.32 Å². The molecule has 2 N–H and O–H groups in total. The summed E-state index contributed by atoms with van der Waals surface area (Å²) >= 11 is 0. The van der Waals surface area contributed by atoms with Crippen molar-refractivity contribution in [3.63, 3.8) is 0 Å². The molecule has 0 bridgehead atoms. The number of amides is 2. The predicted octanol–water partition coefficient (Wildman–Crippen LogP) is 2.53. The highest BCUT2D eigenvalue weighted by molar-refractivity contribution is 5.89. The first kappa shape index (κ1) is 17.5. The van der Waals surface area contributed by atoms with Crippen molar-refractivity contribution in [1.82, 2.24) is 20.3 Å². The summed E-state index contributed by atoms with van der Waals surface area (Å²) in [4.78, 5) is 24.6. The Bertz CT molecular complexity index is 971. The third-order valence-corrected chi connectivity index (χ3v) is 3.95. The second-order valence-corrected chi connectivity index (χ2v) is 5.80. The highest BCUT2D eigenvalue weighted by Crippen LogP contribution is 2.08. The number of nitrogens with one attached hydrogen (secondary N) is 2. The number of fused-ring (bicyclic) bond motifs is 1. The van der Waals surface area contributed by atoms with Gasteiger partial charge in [0.2, 0.25) is 0 Å². The lowest BCUT2D eigenvalue weighted by Crippen LogP contribution is -2.42. The standard InChI is InChI=1S/C18H18FN5O2/c1-2-13(20-18(26)21-14-9-7-12(19)8-10-14)11-24-17(25)15-5-3-4-6-16(15)22-23-24/h3-10,13H,2,11H2,1H3,(H2,20,21,26)/t13-/m0/s1. The number of anilines is 1. The Morgan fingerprint density at radius 3 is 2.65 bits per heavy atom. The van der Waals surface area contributed by atoms with Crippen LogP contribution in [0, 0.1) is 5.82 Å². The molecule has 0 fully saturated rings. The Morgan fingerprint density at radius 1 is 1.19 bits per heavy atom. The number of rotatable bonds is 5. The Hall–Kier alpha value is -3.29. The molecule has 0 aliphatic rings. The van der Waals surface area contributed by atoms with E-state index in [2.05, 4.69) is 20.9 Å². The number of hydrogen-bond acceptors (Lipinski definition) is 4. The zero-order valence-electron chi connectivity index (χ0n) is 14.1. The second kappa shape index (κ2) is 7.73. The molecule has 2 amide bonds. The molecule has 1 atom stereocenters. The van der Waals surface area contributed by atoms with E-state index in [1.54, 1.807) is 24.3 Å². The average Bonchev–Trinajstić information content (AvgIpc) is 2.65. The normalized spacial score (nSPS) is 11.9. The van der Waals surface area contributed by atoms with Gasteiger partial charge < -0.3 is 10.6 Å². The molecule has 3 aromatic rings. The number of urea groups is 1. The third-order valence-electron chi connectivity index (χ3n) is 3.95. The van der Waals surface area contributed by atoms with Gasteiger partial charge in [-0.1, -0.05) is 24.3 Å². The van der Waals surface area contributed by atoms with Gasteiger partial charge in [0.15, 0.2) is 0 Å². The Morgan fingerprint density at radius 2 is 1.92 bits per heavy atom. The maximum absolute atomic E-state index is 12.9. The SMILES string of the molecule is CC[C@@H](Cn1nnc2ccccc2c1=O)NC(=O)Nc1ccc(F)cc1. The highest BCUT2D eigenvalue weighted by Gasteiger charge is 2.14. The molecule has 134 valence electrons. The van der Waals surface area contributed by atoms with E-state index in [0.717, 1.165) is 0 Å². The fourth-order valence-corrected chi connectivity index (χ4v) is 2.51. The molecule has 26 heavy (non-hydrogen) atoms. The Labute approximate surface area is 148 Å². The molecule has 0 spiro atoms. The van der Waals surface area contributed by atoms with Crippen molar-refractivity contribution in [1.29, 1.82) is 0 Å². The van der Waals surface area contributed by atoms with E-state index in [4.69, 9.17) is 0 Å². The van der Waals surface area contributed by atoms with E-state index in [1.807, 2.05) is 6.92 Å². The Balaban J connectivity index is 1.69. The van der Waals surface area contributed by atoms with Crippen LogP contribution < -0.4 is 16.2 Å². The fraction of sp³-hybridized carbons (Fsp3) is 0.222. The molecule has 0 unspecified atom stereocenters. The van der Waals surface area contributed by atoms with Crippen molar-refractivity contribution in [3.8, 4) is 0 Å². The first-order chi connectivity index (χ1) is 12.6. The summed E-state index contributed by atoms with van der Waals surface area (Å²) in [6.07, 6.45) is 0.595. The molecule has 0 aliphatic heterocycles. The van der Waals surface area contributed by atoms with Gasteiger partial charge in [-0.05, 0) is 42.8 Å². The number of carbonyl (C=O) groups is 1. The number of nitrogens with zero attached hydrogens (tertiary/aromatic N) is 3. The van der Waals surface area contributed by atoms with Crippen LogP contribution in [0.1, 0.15) is 13.3 Å². The van der Waals surface area contributed by atoms with Gasteiger partial charge in [0.1, 0.15) is 11.3 Å². The molecule has 0 radical (unpaired) electrons. The molecular formula is C18H18FN5O2. The molecule has 2 aromatic carbocycles. The predicted molar refractivity (Wildman–Crippen MR) is 96.4 cm³/mol. The second-order valence-electron chi connectivity index (χ2n) is 5.80. The number of halogens is 1. The van der Waals surface area contributed by atoms with Gasteiger partial charge in [0.25, 0.3) is 5.56 Å². The summed E-state index contributed by atoms with van der Waals surface area (Å²) in [6.45, 7) is 2.09. The molecule has 3 rings (SSSR count). The summed E-state index contributed by atoms with van der Waals surface area (Å²) in [5.74, 6) is -0.378. The molecule has 0 saturated carbocycles. The quantitative estimate of drug-likeness (QED) is 0.736. The van der Waals surface area contributed by atoms with Gasteiger partial charge in [-0.15, -0.1) is 5.10 Å². The minimum atomic E-state index is -0.440. The van der Waals surface area contributed by atoms with Crippen LogP contribution in [0.4, 0.5) is 14.9 Å². The summed E-state index contributed by atoms with van der Waals surface area (Å²) in [6, 6.07) is 11.7. The van der Waals surface area contributed by atoms with E-state index < -0.39 is 6.03 Å². The first-order valence-electron chi connectivity index (χ1n) is 8.22. The summed E-state index contributed by atoms with van der Waals surface area (Å²) < 4.78 is 14.2. The van der Waals surface area contributed by atoms with Gasteiger partial charge in [-0.3, -0.25) is 4.79 Å². The molecule has 0 saturated heterocycles. The van der Waals surface area contributed by atoms with Gasteiger partial charge in [-0.2, -0.15) is 0 Å². The van der Waals surface area contributed by atoms with Crippen molar-refractivity contribution < 1.29 is 9.18 Å². The van der Waals surface area contributed by atoms with E-state index in [9.17, 15) is 14.0 Å². The zero-order valence-corrected chi connectivity index (χ0v) is 14.1. The molecule has 1 aromatic heterocycles. The summed E-state index contributed by atoms with van der Waals surface area (Å²) in [5.41, 5.74) is 0.750. The van der Waals surface area contributed by atoms with Crippen LogP contribution in [0.15, 0.2) is 53.3 Å². The van der Waals surface area contributed by atoms with Crippen LogP contribution in [0.3, 0.4) is 0 Å². The average molecular weight is 355 g/mol. The molecule has 8 heteroatoms. The van der Waals surface area contributed by atoms with Crippen LogP contribution in [0.5, 0.6) is 0 Å². The maximum atomic E-state index is 12.9.